The molecule has 2 rings (SSSR count). The summed E-state index contributed by atoms with van der Waals surface area (Å²) < 4.78 is 1.95. The number of nitrogens with zero attached hydrogens (tertiary/aromatic N) is 3. The van der Waals surface area contributed by atoms with Gasteiger partial charge >= 0.3 is 0 Å². The van der Waals surface area contributed by atoms with Crippen LogP contribution in [0.5, 0.6) is 0 Å². The monoisotopic (exact) mass is 250 g/mol. The number of imidazole rings is 1. The van der Waals surface area contributed by atoms with Gasteiger partial charge in [0.2, 0.25) is 5.91 Å². The van der Waals surface area contributed by atoms with Crippen molar-refractivity contribution in [1.29, 1.82) is 0 Å². The van der Waals surface area contributed by atoms with Crippen molar-refractivity contribution in [3.63, 3.8) is 0 Å². The Bertz CT molecular complexity index is 361. The molecule has 1 fully saturated rings. The van der Waals surface area contributed by atoms with E-state index in [2.05, 4.69) is 15.2 Å². The van der Waals surface area contributed by atoms with E-state index in [4.69, 9.17) is 0 Å². The number of nitrogens with one attached hydrogen (secondary N) is 1. The first-order valence-corrected chi connectivity index (χ1v) is 6.71. The molecule has 5 nitrogen and oxygen atoms in total. The maximum Gasteiger partial charge on any atom is 0.224 e. The number of likely N-dealkylation sites (tertiary alicyclic amines) is 1. The zero-order valence-electron chi connectivity index (χ0n) is 11.0. The van der Waals surface area contributed by atoms with Crippen LogP contribution in [-0.4, -0.2) is 46.5 Å². The van der Waals surface area contributed by atoms with Crippen LogP contribution in [0.1, 0.15) is 25.7 Å². The number of rotatable bonds is 5. The first kappa shape index (κ1) is 13.1. The van der Waals surface area contributed by atoms with Crippen LogP contribution in [0.3, 0.4) is 0 Å². The second-order valence-electron chi connectivity index (χ2n) is 4.84. The van der Waals surface area contributed by atoms with Gasteiger partial charge in [0.15, 0.2) is 0 Å². The summed E-state index contributed by atoms with van der Waals surface area (Å²) >= 11 is 0. The van der Waals surface area contributed by atoms with E-state index in [1.54, 1.807) is 12.5 Å². The van der Waals surface area contributed by atoms with Crippen molar-refractivity contribution in [1.82, 2.24) is 19.8 Å². The Hall–Kier alpha value is -1.36. The number of hydrogen-bond donors (Lipinski definition) is 1. The SMILES string of the molecule is CNCC1CCCCN1C(=O)CCn1ccnc1. The number of aryl methyl sites for hydroxylation is 1. The molecule has 1 saturated heterocycles. The molecule has 1 aliphatic heterocycles. The number of aromatic nitrogens is 2. The highest BCUT2D eigenvalue weighted by molar-refractivity contribution is 5.76. The quantitative estimate of drug-likeness (QED) is 0.844. The van der Waals surface area contributed by atoms with Gasteiger partial charge in [0.05, 0.1) is 6.33 Å². The van der Waals surface area contributed by atoms with Gasteiger partial charge in [-0.1, -0.05) is 0 Å². The Labute approximate surface area is 108 Å². The fourth-order valence-electron chi connectivity index (χ4n) is 2.56. The van der Waals surface area contributed by atoms with Crippen molar-refractivity contribution in [3.8, 4) is 0 Å². The average molecular weight is 250 g/mol. The topological polar surface area (TPSA) is 50.2 Å². The molecule has 1 unspecified atom stereocenters. The Morgan fingerprint density at radius 1 is 1.50 bits per heavy atom. The summed E-state index contributed by atoms with van der Waals surface area (Å²) in [6, 6.07) is 0.374. The molecule has 0 saturated carbocycles. The summed E-state index contributed by atoms with van der Waals surface area (Å²) in [6.07, 6.45) is 9.46. The molecule has 1 amide bonds. The van der Waals surface area contributed by atoms with Gasteiger partial charge in [-0.2, -0.15) is 0 Å². The number of hydrogen-bond acceptors (Lipinski definition) is 3. The lowest BCUT2D eigenvalue weighted by molar-refractivity contribution is -0.135. The molecule has 100 valence electrons. The zero-order valence-corrected chi connectivity index (χ0v) is 11.0. The lowest BCUT2D eigenvalue weighted by Gasteiger charge is -2.35. The van der Waals surface area contributed by atoms with Crippen LogP contribution in [-0.2, 0) is 11.3 Å². The number of amides is 1. The van der Waals surface area contributed by atoms with Gasteiger partial charge in [0, 0.05) is 44.5 Å². The van der Waals surface area contributed by atoms with Crippen LogP contribution < -0.4 is 5.32 Å². The van der Waals surface area contributed by atoms with E-state index in [0.717, 1.165) is 32.5 Å². The van der Waals surface area contributed by atoms with Gasteiger partial charge < -0.3 is 14.8 Å². The van der Waals surface area contributed by atoms with Gasteiger partial charge in [-0.3, -0.25) is 4.79 Å². The van der Waals surface area contributed by atoms with Crippen LogP contribution in [0.4, 0.5) is 0 Å². The highest BCUT2D eigenvalue weighted by atomic mass is 16.2. The smallest absolute Gasteiger partial charge is 0.224 e. The van der Waals surface area contributed by atoms with E-state index in [1.807, 2.05) is 17.8 Å². The molecule has 0 aromatic carbocycles. The lowest BCUT2D eigenvalue weighted by atomic mass is 10.0. The zero-order chi connectivity index (χ0) is 12.8. The van der Waals surface area contributed by atoms with E-state index in [-0.39, 0.29) is 5.91 Å². The van der Waals surface area contributed by atoms with Gasteiger partial charge in [-0.15, -0.1) is 0 Å². The highest BCUT2D eigenvalue weighted by Crippen LogP contribution is 2.17. The third kappa shape index (κ3) is 3.32. The van der Waals surface area contributed by atoms with Crippen LogP contribution >= 0.6 is 0 Å². The Morgan fingerprint density at radius 3 is 3.11 bits per heavy atom. The third-order valence-corrected chi connectivity index (χ3v) is 3.53. The summed E-state index contributed by atoms with van der Waals surface area (Å²) in [4.78, 5) is 18.3. The van der Waals surface area contributed by atoms with Crippen molar-refractivity contribution >= 4 is 5.91 Å². The van der Waals surface area contributed by atoms with Gasteiger partial charge in [0.25, 0.3) is 0 Å². The fraction of sp³-hybridized carbons (Fsp3) is 0.692. The van der Waals surface area contributed by atoms with Crippen LogP contribution in [0, 0.1) is 0 Å². The fourth-order valence-corrected chi connectivity index (χ4v) is 2.56. The average Bonchev–Trinajstić information content (AvgIpc) is 2.90. The number of piperidine rings is 1. The second kappa shape index (κ2) is 6.54. The van der Waals surface area contributed by atoms with E-state index in [9.17, 15) is 4.79 Å². The summed E-state index contributed by atoms with van der Waals surface area (Å²) in [7, 11) is 1.95. The molecule has 1 N–H and O–H groups in total. The van der Waals surface area contributed by atoms with Crippen molar-refractivity contribution in [2.45, 2.75) is 38.3 Å². The second-order valence-corrected chi connectivity index (χ2v) is 4.84. The van der Waals surface area contributed by atoms with E-state index >= 15 is 0 Å². The lowest BCUT2D eigenvalue weighted by Crippen LogP contribution is -2.48. The molecule has 18 heavy (non-hydrogen) atoms. The summed E-state index contributed by atoms with van der Waals surface area (Å²) in [6.45, 7) is 2.54. The molecule has 5 heteroatoms. The first-order chi connectivity index (χ1) is 8.81. The first-order valence-electron chi connectivity index (χ1n) is 6.71. The van der Waals surface area contributed by atoms with E-state index in [0.29, 0.717) is 12.5 Å². The predicted molar refractivity (Wildman–Crippen MR) is 70.1 cm³/mol. The molecule has 0 aliphatic carbocycles. The molecular weight excluding hydrogens is 228 g/mol. The Kier molecular flexibility index (Phi) is 4.75. The summed E-state index contributed by atoms with van der Waals surface area (Å²) in [5.41, 5.74) is 0. The molecular formula is C13H22N4O. The van der Waals surface area contributed by atoms with Crippen molar-refractivity contribution in [3.05, 3.63) is 18.7 Å². The molecule has 0 spiro atoms. The van der Waals surface area contributed by atoms with Gasteiger partial charge in [0.1, 0.15) is 0 Å². The molecule has 1 aromatic heterocycles. The largest absolute Gasteiger partial charge is 0.338 e. The highest BCUT2D eigenvalue weighted by Gasteiger charge is 2.25. The van der Waals surface area contributed by atoms with Crippen molar-refractivity contribution in [2.24, 2.45) is 0 Å². The minimum absolute atomic E-state index is 0.267. The molecule has 1 aromatic rings. The van der Waals surface area contributed by atoms with Crippen LogP contribution in [0.2, 0.25) is 0 Å². The van der Waals surface area contributed by atoms with Crippen molar-refractivity contribution in [2.75, 3.05) is 20.1 Å². The third-order valence-electron chi connectivity index (χ3n) is 3.53. The molecule has 2 heterocycles. The predicted octanol–water partition coefficient (Wildman–Crippen LogP) is 0.874. The number of carbonyl (C=O) groups is 1. The summed E-state index contributed by atoms with van der Waals surface area (Å²) in [5.74, 6) is 0.267. The maximum atomic E-state index is 12.2. The standard InChI is InChI=1S/C13H22N4O/c1-14-10-12-4-2-3-7-17(12)13(18)5-8-16-9-6-15-11-16/h6,9,11-12,14H,2-5,7-8,10H2,1H3. The maximum absolute atomic E-state index is 12.2. The van der Waals surface area contributed by atoms with Crippen LogP contribution in [0.15, 0.2) is 18.7 Å². The van der Waals surface area contributed by atoms with Crippen LogP contribution in [0.25, 0.3) is 0 Å². The Balaban J connectivity index is 1.85. The van der Waals surface area contributed by atoms with Gasteiger partial charge in [-0.25, -0.2) is 4.98 Å². The normalized spacial score (nSPS) is 20.1. The number of likely N-dealkylation sites (N-methyl/N-ethyl adjacent to an activating group) is 1. The van der Waals surface area contributed by atoms with E-state index < -0.39 is 0 Å². The molecule has 1 aliphatic rings. The molecule has 1 atom stereocenters. The van der Waals surface area contributed by atoms with Gasteiger partial charge in [-0.05, 0) is 26.3 Å². The molecule has 0 bridgehead atoms. The summed E-state index contributed by atoms with van der Waals surface area (Å²) in [5, 5.41) is 3.18. The molecule has 0 radical (unpaired) electrons. The minimum Gasteiger partial charge on any atom is -0.338 e. The number of carbonyl (C=O) groups excluding carboxylic acids is 1. The minimum atomic E-state index is 0.267. The van der Waals surface area contributed by atoms with Crippen molar-refractivity contribution < 1.29 is 4.79 Å². The van der Waals surface area contributed by atoms with E-state index in [1.165, 1.54) is 6.42 Å². The Morgan fingerprint density at radius 2 is 2.39 bits per heavy atom.